The summed E-state index contributed by atoms with van der Waals surface area (Å²) in [4.78, 5) is 17.2. The van der Waals surface area contributed by atoms with Gasteiger partial charge in [-0.1, -0.05) is 32.0 Å². The van der Waals surface area contributed by atoms with Gasteiger partial charge in [-0.05, 0) is 42.9 Å². The molecule has 1 unspecified atom stereocenters. The standard InChI is InChI=1S/C26H25FN6/c1-15(2)24-13-29-26-25(32-23(14-33(24)26)16-9-17(27)12-28-11-16)30-18-7-8-22-20(10-18)19-5-3-4-6-21(19)31-22/h3-6,9,11-15,18,31H,7-8,10H2,1-2H3,(H,30,32). The zero-order valence-corrected chi connectivity index (χ0v) is 18.6. The molecule has 1 atom stereocenters. The number of imidazole rings is 1. The minimum atomic E-state index is -0.377. The Balaban J connectivity index is 1.41. The molecule has 1 aromatic carbocycles. The number of aromatic amines is 1. The Morgan fingerprint density at radius 2 is 2.06 bits per heavy atom. The normalized spacial score (nSPS) is 15.9. The van der Waals surface area contributed by atoms with Gasteiger partial charge in [0.1, 0.15) is 5.82 Å². The lowest BCUT2D eigenvalue weighted by Crippen LogP contribution is -2.28. The molecule has 2 N–H and O–H groups in total. The largest absolute Gasteiger partial charge is 0.364 e. The number of nitrogens with zero attached hydrogens (tertiary/aromatic N) is 4. The second-order valence-electron chi connectivity index (χ2n) is 9.11. The first-order chi connectivity index (χ1) is 16.1. The van der Waals surface area contributed by atoms with Crippen LogP contribution in [0.15, 0.2) is 55.1 Å². The summed E-state index contributed by atoms with van der Waals surface area (Å²) in [6, 6.07) is 10.2. The Morgan fingerprint density at radius 1 is 1.18 bits per heavy atom. The summed E-state index contributed by atoms with van der Waals surface area (Å²) in [5, 5.41) is 4.97. The summed E-state index contributed by atoms with van der Waals surface area (Å²) in [6.45, 7) is 4.28. The van der Waals surface area contributed by atoms with Gasteiger partial charge in [0.15, 0.2) is 11.5 Å². The zero-order chi connectivity index (χ0) is 22.5. The van der Waals surface area contributed by atoms with Crippen molar-refractivity contribution in [2.75, 3.05) is 5.32 Å². The van der Waals surface area contributed by atoms with E-state index in [1.807, 2.05) is 12.4 Å². The van der Waals surface area contributed by atoms with E-state index in [2.05, 4.69) is 62.8 Å². The van der Waals surface area contributed by atoms with Crippen LogP contribution >= 0.6 is 0 Å². The van der Waals surface area contributed by atoms with Gasteiger partial charge in [-0.3, -0.25) is 9.38 Å². The monoisotopic (exact) mass is 440 g/mol. The Morgan fingerprint density at radius 3 is 2.91 bits per heavy atom. The summed E-state index contributed by atoms with van der Waals surface area (Å²) in [5.74, 6) is 0.631. The molecule has 33 heavy (non-hydrogen) atoms. The molecule has 0 radical (unpaired) electrons. The van der Waals surface area contributed by atoms with Crippen LogP contribution in [0, 0.1) is 5.82 Å². The zero-order valence-electron chi connectivity index (χ0n) is 18.6. The Hall–Kier alpha value is -3.74. The molecule has 0 bridgehead atoms. The maximum Gasteiger partial charge on any atom is 0.180 e. The maximum absolute atomic E-state index is 13.9. The highest BCUT2D eigenvalue weighted by atomic mass is 19.1. The van der Waals surface area contributed by atoms with Gasteiger partial charge in [0.05, 0.1) is 11.9 Å². The molecular formula is C26H25FN6. The summed E-state index contributed by atoms with van der Waals surface area (Å²) in [5.41, 5.74) is 7.09. The van der Waals surface area contributed by atoms with Crippen LogP contribution in [0.1, 0.15) is 43.1 Å². The molecule has 1 aliphatic carbocycles. The highest BCUT2D eigenvalue weighted by Gasteiger charge is 2.24. The molecule has 0 saturated heterocycles. The van der Waals surface area contributed by atoms with Crippen molar-refractivity contribution in [2.24, 2.45) is 0 Å². The van der Waals surface area contributed by atoms with Crippen molar-refractivity contribution < 1.29 is 4.39 Å². The third kappa shape index (κ3) is 3.44. The van der Waals surface area contributed by atoms with Crippen LogP contribution in [0.5, 0.6) is 0 Å². The van der Waals surface area contributed by atoms with Crippen molar-refractivity contribution in [3.05, 3.63) is 77.9 Å². The van der Waals surface area contributed by atoms with Crippen LogP contribution in [0.2, 0.25) is 0 Å². The van der Waals surface area contributed by atoms with Crippen LogP contribution in [-0.2, 0) is 12.8 Å². The topological polar surface area (TPSA) is 70.9 Å². The number of hydrogen-bond donors (Lipinski definition) is 2. The van der Waals surface area contributed by atoms with E-state index in [1.165, 1.54) is 34.4 Å². The fourth-order valence-electron chi connectivity index (χ4n) is 4.91. The first-order valence-electron chi connectivity index (χ1n) is 11.4. The highest BCUT2D eigenvalue weighted by molar-refractivity contribution is 5.85. The van der Waals surface area contributed by atoms with Crippen molar-refractivity contribution >= 4 is 22.4 Å². The number of aromatic nitrogens is 5. The predicted molar refractivity (Wildman–Crippen MR) is 128 cm³/mol. The molecule has 0 spiro atoms. The predicted octanol–water partition coefficient (Wildman–Crippen LogP) is 5.50. The molecule has 4 heterocycles. The van der Waals surface area contributed by atoms with Crippen LogP contribution in [0.3, 0.4) is 0 Å². The quantitative estimate of drug-likeness (QED) is 0.387. The van der Waals surface area contributed by atoms with E-state index >= 15 is 0 Å². The van der Waals surface area contributed by atoms with Gasteiger partial charge in [-0.2, -0.15) is 0 Å². The average Bonchev–Trinajstić information content (AvgIpc) is 3.41. The van der Waals surface area contributed by atoms with E-state index in [9.17, 15) is 4.39 Å². The van der Waals surface area contributed by atoms with Crippen LogP contribution < -0.4 is 5.32 Å². The van der Waals surface area contributed by atoms with E-state index < -0.39 is 0 Å². The molecule has 6 rings (SSSR count). The lowest BCUT2D eigenvalue weighted by Gasteiger charge is -2.24. The number of aryl methyl sites for hydroxylation is 1. The molecule has 0 fully saturated rings. The Bertz CT molecular complexity index is 1480. The van der Waals surface area contributed by atoms with Crippen molar-refractivity contribution in [3.8, 4) is 11.3 Å². The molecular weight excluding hydrogens is 415 g/mol. The number of halogens is 1. The number of benzene rings is 1. The number of H-pyrrole nitrogens is 1. The van der Waals surface area contributed by atoms with Crippen LogP contribution in [0.4, 0.5) is 10.2 Å². The minimum Gasteiger partial charge on any atom is -0.364 e. The second kappa shape index (κ2) is 7.69. The molecule has 0 aliphatic heterocycles. The van der Waals surface area contributed by atoms with Gasteiger partial charge in [-0.25, -0.2) is 14.4 Å². The number of pyridine rings is 1. The van der Waals surface area contributed by atoms with Gasteiger partial charge < -0.3 is 10.3 Å². The van der Waals surface area contributed by atoms with Crippen molar-refractivity contribution in [3.63, 3.8) is 0 Å². The number of hydrogen-bond acceptors (Lipinski definition) is 4. The molecule has 6 nitrogen and oxygen atoms in total. The molecule has 166 valence electrons. The SMILES string of the molecule is CC(C)c1cnc2c(NC3CCc4[nH]c5ccccc5c4C3)nc(-c3cncc(F)c3)cn12. The number of nitrogens with one attached hydrogen (secondary N) is 2. The number of para-hydroxylation sites is 1. The molecule has 0 saturated carbocycles. The van der Waals surface area contributed by atoms with Gasteiger partial charge >= 0.3 is 0 Å². The average molecular weight is 441 g/mol. The van der Waals surface area contributed by atoms with Gasteiger partial charge in [0, 0.05) is 52.5 Å². The van der Waals surface area contributed by atoms with E-state index in [1.54, 1.807) is 6.20 Å². The van der Waals surface area contributed by atoms with E-state index in [-0.39, 0.29) is 17.8 Å². The van der Waals surface area contributed by atoms with Crippen molar-refractivity contribution in [2.45, 2.75) is 45.1 Å². The van der Waals surface area contributed by atoms with E-state index in [0.29, 0.717) is 11.3 Å². The fourth-order valence-corrected chi connectivity index (χ4v) is 4.91. The third-order valence-electron chi connectivity index (χ3n) is 6.55. The van der Waals surface area contributed by atoms with Crippen LogP contribution in [-0.4, -0.2) is 30.4 Å². The summed E-state index contributed by atoms with van der Waals surface area (Å²) in [7, 11) is 0. The number of fused-ring (bicyclic) bond motifs is 4. The first-order valence-corrected chi connectivity index (χ1v) is 11.4. The minimum absolute atomic E-state index is 0.230. The second-order valence-corrected chi connectivity index (χ2v) is 9.11. The van der Waals surface area contributed by atoms with E-state index in [4.69, 9.17) is 4.98 Å². The Kier molecular flexibility index (Phi) is 4.64. The lowest BCUT2D eigenvalue weighted by molar-refractivity contribution is 0.605. The number of rotatable bonds is 4. The van der Waals surface area contributed by atoms with Crippen molar-refractivity contribution in [1.29, 1.82) is 0 Å². The summed E-state index contributed by atoms with van der Waals surface area (Å²) in [6.07, 6.45) is 9.58. The smallest absolute Gasteiger partial charge is 0.180 e. The van der Waals surface area contributed by atoms with E-state index in [0.717, 1.165) is 36.4 Å². The maximum atomic E-state index is 13.9. The third-order valence-corrected chi connectivity index (χ3v) is 6.55. The lowest BCUT2D eigenvalue weighted by atomic mass is 9.91. The summed E-state index contributed by atoms with van der Waals surface area (Å²) < 4.78 is 16.0. The Labute approximate surface area is 190 Å². The van der Waals surface area contributed by atoms with Gasteiger partial charge in [-0.15, -0.1) is 0 Å². The molecule has 1 aliphatic rings. The molecule has 0 amide bonds. The molecule has 4 aromatic heterocycles. The highest BCUT2D eigenvalue weighted by Crippen LogP contribution is 2.32. The van der Waals surface area contributed by atoms with Gasteiger partial charge in [0.2, 0.25) is 0 Å². The fraction of sp³-hybridized carbons (Fsp3) is 0.269. The van der Waals surface area contributed by atoms with Crippen LogP contribution in [0.25, 0.3) is 27.8 Å². The molecule has 7 heteroatoms. The first kappa shape index (κ1) is 19.9. The number of anilines is 1. The summed E-state index contributed by atoms with van der Waals surface area (Å²) >= 11 is 0. The van der Waals surface area contributed by atoms with Crippen molar-refractivity contribution in [1.82, 2.24) is 24.3 Å². The molecule has 5 aromatic rings. The van der Waals surface area contributed by atoms with Gasteiger partial charge in [0.25, 0.3) is 0 Å².